The molecule has 1 aliphatic rings. The summed E-state index contributed by atoms with van der Waals surface area (Å²) < 4.78 is 10.6. The van der Waals surface area contributed by atoms with Crippen molar-refractivity contribution in [1.29, 1.82) is 0 Å². The fourth-order valence-corrected chi connectivity index (χ4v) is 2.90. The average molecular weight is 476 g/mol. The number of nitrogens with two attached hydrogens (primary N) is 1. The molecule has 0 radical (unpaired) electrons. The normalized spacial score (nSPS) is 17.1. The number of amides is 1. The fourth-order valence-electron chi connectivity index (χ4n) is 2.90. The maximum Gasteiger partial charge on any atom is 0.248 e. The van der Waals surface area contributed by atoms with Gasteiger partial charge in [-0.2, -0.15) is 0 Å². The summed E-state index contributed by atoms with van der Waals surface area (Å²) >= 11 is 0. The zero-order valence-electron chi connectivity index (χ0n) is 15.4. The lowest BCUT2D eigenvalue weighted by atomic mass is 10.1. The van der Waals surface area contributed by atoms with E-state index in [4.69, 9.17) is 15.2 Å². The van der Waals surface area contributed by atoms with E-state index in [-0.39, 0.29) is 24.0 Å². The molecule has 8 heteroatoms. The molecule has 0 bridgehead atoms. The van der Waals surface area contributed by atoms with Gasteiger partial charge in [0.25, 0.3) is 0 Å². The number of carbonyl (C=O) groups excluding carboxylic acids is 1. The second kappa shape index (κ2) is 12.1. The standard InChI is InChI=1S/C18H28N4O3.HI/c1-20-18(21-11-14-4-3-5-16(10-14)17(19)23)22-7-6-15(12-22)13-25-9-8-24-2;/h3-5,10,15H,6-9,11-13H2,1-2H3,(H2,19,23)(H,20,21);1H. The monoisotopic (exact) mass is 476 g/mol. The molecular formula is C18H29IN4O3. The number of hydrogen-bond acceptors (Lipinski definition) is 4. The van der Waals surface area contributed by atoms with Crippen LogP contribution in [0, 0.1) is 5.92 Å². The van der Waals surface area contributed by atoms with E-state index in [1.165, 1.54) is 0 Å². The summed E-state index contributed by atoms with van der Waals surface area (Å²) in [6.45, 7) is 4.49. The molecule has 0 aromatic heterocycles. The third kappa shape index (κ3) is 7.08. The molecule has 1 aromatic rings. The van der Waals surface area contributed by atoms with Gasteiger partial charge in [0.05, 0.1) is 19.8 Å². The minimum absolute atomic E-state index is 0. The van der Waals surface area contributed by atoms with Gasteiger partial charge in [-0.15, -0.1) is 24.0 Å². The van der Waals surface area contributed by atoms with Crippen molar-refractivity contribution in [2.24, 2.45) is 16.6 Å². The Morgan fingerprint density at radius 3 is 2.92 bits per heavy atom. The highest BCUT2D eigenvalue weighted by atomic mass is 127. The van der Waals surface area contributed by atoms with Crippen LogP contribution in [-0.2, 0) is 16.0 Å². The van der Waals surface area contributed by atoms with Crippen LogP contribution in [0.4, 0.5) is 0 Å². The number of methoxy groups -OCH3 is 1. The van der Waals surface area contributed by atoms with Crippen molar-refractivity contribution in [2.75, 3.05) is 47.1 Å². The van der Waals surface area contributed by atoms with Gasteiger partial charge in [-0.25, -0.2) is 0 Å². The van der Waals surface area contributed by atoms with Crippen molar-refractivity contribution in [3.8, 4) is 0 Å². The Labute approximate surface area is 172 Å². The summed E-state index contributed by atoms with van der Waals surface area (Å²) in [4.78, 5) is 17.9. The lowest BCUT2D eigenvalue weighted by molar-refractivity contribution is 0.0536. The molecule has 1 amide bonds. The Morgan fingerprint density at radius 1 is 1.42 bits per heavy atom. The molecule has 7 nitrogen and oxygen atoms in total. The molecule has 1 aromatic carbocycles. The average Bonchev–Trinajstić information content (AvgIpc) is 3.08. The maximum absolute atomic E-state index is 11.3. The first-order valence-electron chi connectivity index (χ1n) is 8.55. The highest BCUT2D eigenvalue weighted by Crippen LogP contribution is 2.16. The van der Waals surface area contributed by atoms with Crippen LogP contribution in [0.3, 0.4) is 0 Å². The Morgan fingerprint density at radius 2 is 2.23 bits per heavy atom. The van der Waals surface area contributed by atoms with Gasteiger partial charge in [-0.05, 0) is 24.1 Å². The molecule has 0 spiro atoms. The number of halogens is 1. The third-order valence-electron chi connectivity index (χ3n) is 4.24. The number of benzene rings is 1. The largest absolute Gasteiger partial charge is 0.382 e. The van der Waals surface area contributed by atoms with Gasteiger partial charge in [0.1, 0.15) is 0 Å². The number of nitrogens with zero attached hydrogens (tertiary/aromatic N) is 2. The number of likely N-dealkylation sites (tertiary alicyclic amines) is 1. The third-order valence-corrected chi connectivity index (χ3v) is 4.24. The first kappa shape index (κ1) is 22.7. The maximum atomic E-state index is 11.3. The van der Waals surface area contributed by atoms with Gasteiger partial charge in [-0.3, -0.25) is 9.79 Å². The van der Waals surface area contributed by atoms with Gasteiger partial charge in [-0.1, -0.05) is 12.1 Å². The number of primary amides is 1. The number of nitrogens with one attached hydrogen (secondary N) is 1. The molecule has 0 aliphatic carbocycles. The molecule has 146 valence electrons. The zero-order chi connectivity index (χ0) is 18.1. The minimum Gasteiger partial charge on any atom is -0.382 e. The Kier molecular flexibility index (Phi) is 10.5. The molecule has 1 aliphatic heterocycles. The lowest BCUT2D eigenvalue weighted by Crippen LogP contribution is -2.39. The molecule has 3 N–H and O–H groups in total. The minimum atomic E-state index is -0.415. The van der Waals surface area contributed by atoms with Gasteiger partial charge in [0.2, 0.25) is 5.91 Å². The number of hydrogen-bond donors (Lipinski definition) is 2. The van der Waals surface area contributed by atoms with E-state index in [1.54, 1.807) is 26.3 Å². The second-order valence-corrected chi connectivity index (χ2v) is 6.13. The van der Waals surface area contributed by atoms with Crippen LogP contribution >= 0.6 is 24.0 Å². The van der Waals surface area contributed by atoms with Crippen LogP contribution in [0.25, 0.3) is 0 Å². The molecule has 1 fully saturated rings. The van der Waals surface area contributed by atoms with Gasteiger partial charge >= 0.3 is 0 Å². The number of ether oxygens (including phenoxy) is 2. The summed E-state index contributed by atoms with van der Waals surface area (Å²) in [5.41, 5.74) is 6.84. The zero-order valence-corrected chi connectivity index (χ0v) is 17.8. The molecule has 1 heterocycles. The molecule has 26 heavy (non-hydrogen) atoms. The van der Waals surface area contributed by atoms with E-state index in [0.717, 1.165) is 37.6 Å². The first-order valence-corrected chi connectivity index (χ1v) is 8.55. The van der Waals surface area contributed by atoms with E-state index in [0.29, 0.717) is 31.2 Å². The Balaban J connectivity index is 0.00000338. The summed E-state index contributed by atoms with van der Waals surface area (Å²) in [5, 5.41) is 3.35. The quantitative estimate of drug-likeness (QED) is 0.257. The van der Waals surface area contributed by atoms with Crippen molar-refractivity contribution in [2.45, 2.75) is 13.0 Å². The van der Waals surface area contributed by atoms with E-state index in [1.807, 2.05) is 12.1 Å². The SMILES string of the molecule is CN=C(NCc1cccc(C(N)=O)c1)N1CCC(COCCOC)C1.I. The van der Waals surface area contributed by atoms with Crippen molar-refractivity contribution >= 4 is 35.8 Å². The highest BCUT2D eigenvalue weighted by Gasteiger charge is 2.24. The van der Waals surface area contributed by atoms with E-state index < -0.39 is 5.91 Å². The smallest absolute Gasteiger partial charge is 0.248 e. The number of rotatable bonds is 8. The molecule has 1 saturated heterocycles. The van der Waals surface area contributed by atoms with E-state index >= 15 is 0 Å². The second-order valence-electron chi connectivity index (χ2n) is 6.13. The van der Waals surface area contributed by atoms with Crippen LogP contribution in [0.1, 0.15) is 22.3 Å². The summed E-state index contributed by atoms with van der Waals surface area (Å²) in [6.07, 6.45) is 1.09. The van der Waals surface area contributed by atoms with E-state index in [2.05, 4.69) is 15.2 Å². The van der Waals surface area contributed by atoms with E-state index in [9.17, 15) is 4.79 Å². The topological polar surface area (TPSA) is 89.2 Å². The predicted octanol–water partition coefficient (Wildman–Crippen LogP) is 1.46. The molecule has 0 saturated carbocycles. The summed E-state index contributed by atoms with van der Waals surface area (Å²) in [6, 6.07) is 7.32. The molecular weight excluding hydrogens is 447 g/mol. The van der Waals surface area contributed by atoms with Crippen molar-refractivity contribution in [1.82, 2.24) is 10.2 Å². The Hall–Kier alpha value is -1.39. The Bertz CT molecular complexity index is 598. The summed E-state index contributed by atoms with van der Waals surface area (Å²) in [5.74, 6) is 0.958. The molecule has 1 atom stereocenters. The van der Waals surface area contributed by atoms with Gasteiger partial charge in [0, 0.05) is 45.3 Å². The van der Waals surface area contributed by atoms with Crippen LogP contribution in [0.15, 0.2) is 29.3 Å². The van der Waals surface area contributed by atoms with Crippen LogP contribution < -0.4 is 11.1 Å². The molecule has 2 rings (SSSR count). The van der Waals surface area contributed by atoms with Crippen LogP contribution in [0.5, 0.6) is 0 Å². The van der Waals surface area contributed by atoms with Crippen LogP contribution in [0.2, 0.25) is 0 Å². The number of aliphatic imine (C=N–C) groups is 1. The van der Waals surface area contributed by atoms with Gasteiger partial charge in [0.15, 0.2) is 5.96 Å². The number of carbonyl (C=O) groups is 1. The highest BCUT2D eigenvalue weighted by molar-refractivity contribution is 14.0. The van der Waals surface area contributed by atoms with Crippen molar-refractivity contribution in [3.05, 3.63) is 35.4 Å². The van der Waals surface area contributed by atoms with Gasteiger partial charge < -0.3 is 25.4 Å². The molecule has 1 unspecified atom stereocenters. The van der Waals surface area contributed by atoms with Crippen molar-refractivity contribution < 1.29 is 14.3 Å². The predicted molar refractivity (Wildman–Crippen MR) is 113 cm³/mol. The number of guanidine groups is 1. The lowest BCUT2D eigenvalue weighted by Gasteiger charge is -2.22. The summed E-state index contributed by atoms with van der Waals surface area (Å²) in [7, 11) is 3.46. The first-order chi connectivity index (χ1) is 12.1. The fraction of sp³-hybridized carbons (Fsp3) is 0.556. The van der Waals surface area contributed by atoms with Crippen molar-refractivity contribution in [3.63, 3.8) is 0 Å². The van der Waals surface area contributed by atoms with Crippen LogP contribution in [-0.4, -0.2) is 63.8 Å².